The maximum absolute atomic E-state index is 11.0. The number of aromatic carboxylic acids is 1. The van der Waals surface area contributed by atoms with Crippen molar-refractivity contribution in [1.82, 2.24) is 0 Å². The van der Waals surface area contributed by atoms with E-state index in [0.29, 0.717) is 18.2 Å². The van der Waals surface area contributed by atoms with Gasteiger partial charge in [0.25, 0.3) is 0 Å². The number of hydrogen-bond donors (Lipinski definition) is 1. The summed E-state index contributed by atoms with van der Waals surface area (Å²) in [7, 11) is 0. The van der Waals surface area contributed by atoms with Gasteiger partial charge in [0.2, 0.25) is 0 Å². The zero-order chi connectivity index (χ0) is 19.6. The lowest BCUT2D eigenvalue weighted by atomic mass is 10.1. The quantitative estimate of drug-likeness (QED) is 0.557. The molecule has 140 valence electrons. The Morgan fingerprint density at radius 1 is 1.07 bits per heavy atom. The summed E-state index contributed by atoms with van der Waals surface area (Å²) in [6.07, 6.45) is 1.39. The maximum atomic E-state index is 11.0. The van der Waals surface area contributed by atoms with Crippen LogP contribution < -0.4 is 10.8 Å². The van der Waals surface area contributed by atoms with E-state index in [4.69, 9.17) is 4.84 Å². The molecule has 0 atom stereocenters. The van der Waals surface area contributed by atoms with E-state index in [2.05, 4.69) is 24.7 Å². The number of carbonyl (C=O) groups excluding carboxylic acids is 1. The molecule has 3 aromatic carbocycles. The zero-order valence-electron chi connectivity index (χ0n) is 15.6. The molecule has 0 aromatic heterocycles. The van der Waals surface area contributed by atoms with Gasteiger partial charge in [0.15, 0.2) is 0 Å². The molecule has 0 unspecified atom stereocenters. The molecule has 3 aromatic rings. The Morgan fingerprint density at radius 3 is 2.44 bits per heavy atom. The SMILES string of the molecule is CC(C)[NH3+].O=C([O-])c1ccccc1/C=N/OCc1cccc2ccccc12. The molecule has 0 bridgehead atoms. The highest BCUT2D eigenvalue weighted by molar-refractivity contribution is 5.97. The highest BCUT2D eigenvalue weighted by atomic mass is 16.6. The summed E-state index contributed by atoms with van der Waals surface area (Å²) < 4.78 is 0. The Morgan fingerprint density at radius 2 is 1.70 bits per heavy atom. The molecule has 5 nitrogen and oxygen atoms in total. The van der Waals surface area contributed by atoms with Gasteiger partial charge in [0, 0.05) is 11.1 Å². The number of carbonyl (C=O) groups is 1. The first-order valence-electron chi connectivity index (χ1n) is 8.74. The van der Waals surface area contributed by atoms with E-state index in [1.54, 1.807) is 18.2 Å². The zero-order valence-corrected chi connectivity index (χ0v) is 15.6. The maximum Gasteiger partial charge on any atom is 0.142 e. The summed E-state index contributed by atoms with van der Waals surface area (Å²) in [6, 6.07) is 21.1. The highest BCUT2D eigenvalue weighted by Gasteiger charge is 2.01. The lowest BCUT2D eigenvalue weighted by Crippen LogP contribution is -2.57. The van der Waals surface area contributed by atoms with Gasteiger partial charge in [-0.2, -0.15) is 0 Å². The van der Waals surface area contributed by atoms with E-state index in [9.17, 15) is 9.90 Å². The van der Waals surface area contributed by atoms with Crippen LogP contribution in [0.4, 0.5) is 0 Å². The van der Waals surface area contributed by atoms with Crippen LogP contribution in [0.15, 0.2) is 71.9 Å². The Labute approximate surface area is 159 Å². The number of carboxylic acids is 1. The van der Waals surface area contributed by atoms with Crippen molar-refractivity contribution >= 4 is 23.0 Å². The van der Waals surface area contributed by atoms with Crippen LogP contribution in [0.25, 0.3) is 10.8 Å². The van der Waals surface area contributed by atoms with Gasteiger partial charge in [-0.15, -0.1) is 0 Å². The van der Waals surface area contributed by atoms with E-state index in [0.717, 1.165) is 16.3 Å². The lowest BCUT2D eigenvalue weighted by molar-refractivity contribution is -0.407. The van der Waals surface area contributed by atoms with Gasteiger partial charge in [0.1, 0.15) is 6.61 Å². The van der Waals surface area contributed by atoms with Crippen molar-refractivity contribution in [1.29, 1.82) is 0 Å². The normalized spacial score (nSPS) is 10.7. The molecule has 0 saturated carbocycles. The number of quaternary nitrogens is 1. The summed E-state index contributed by atoms with van der Waals surface area (Å²) in [4.78, 5) is 16.3. The summed E-state index contributed by atoms with van der Waals surface area (Å²) >= 11 is 0. The fourth-order valence-electron chi connectivity index (χ4n) is 2.41. The van der Waals surface area contributed by atoms with E-state index in [-0.39, 0.29) is 5.56 Å². The van der Waals surface area contributed by atoms with Crippen LogP contribution in [-0.2, 0) is 11.4 Å². The smallest absolute Gasteiger partial charge is 0.142 e. The Kier molecular flexibility index (Phi) is 7.52. The van der Waals surface area contributed by atoms with E-state index < -0.39 is 5.97 Å². The van der Waals surface area contributed by atoms with Gasteiger partial charge in [-0.3, -0.25) is 0 Å². The Hall–Kier alpha value is -3.18. The molecule has 3 N–H and O–H groups in total. The molecule has 5 heteroatoms. The van der Waals surface area contributed by atoms with Crippen LogP contribution in [0.5, 0.6) is 0 Å². The second kappa shape index (κ2) is 10.1. The largest absolute Gasteiger partial charge is 0.545 e. The standard InChI is InChI=1S/C19H15NO3.C3H9N/c21-19(22)18-11-4-2-7-15(18)12-20-23-13-16-9-5-8-14-6-1-3-10-17(14)16;1-3(2)4/h1-12H,13H2,(H,21,22);3H,4H2,1-2H3/b20-12+;. The van der Waals surface area contributed by atoms with E-state index in [1.807, 2.05) is 42.5 Å². The van der Waals surface area contributed by atoms with Crippen LogP contribution >= 0.6 is 0 Å². The van der Waals surface area contributed by atoms with Gasteiger partial charge in [-0.05, 0) is 30.2 Å². The molecule has 0 aliphatic rings. The summed E-state index contributed by atoms with van der Waals surface area (Å²) in [5.41, 5.74) is 5.20. The molecule has 27 heavy (non-hydrogen) atoms. The number of fused-ring (bicyclic) bond motifs is 1. The molecule has 0 aliphatic carbocycles. The topological polar surface area (TPSA) is 89.4 Å². The third-order valence-corrected chi connectivity index (χ3v) is 3.55. The first-order chi connectivity index (χ1) is 13.0. The average molecular weight is 364 g/mol. The predicted octanol–water partition coefficient (Wildman–Crippen LogP) is 2.39. The molecule has 0 radical (unpaired) electrons. The predicted molar refractivity (Wildman–Crippen MR) is 105 cm³/mol. The molecule has 0 spiro atoms. The fourth-order valence-corrected chi connectivity index (χ4v) is 2.41. The minimum Gasteiger partial charge on any atom is -0.545 e. The molecule has 3 rings (SSSR count). The molecular formula is C22H24N2O3. The molecule has 0 saturated heterocycles. The van der Waals surface area contributed by atoms with Crippen LogP contribution in [-0.4, -0.2) is 18.2 Å². The van der Waals surface area contributed by atoms with Gasteiger partial charge in [0.05, 0.1) is 18.2 Å². The van der Waals surface area contributed by atoms with Crippen molar-refractivity contribution in [2.24, 2.45) is 5.16 Å². The van der Waals surface area contributed by atoms with Crippen LogP contribution in [0, 0.1) is 0 Å². The van der Waals surface area contributed by atoms with Gasteiger partial charge >= 0.3 is 0 Å². The number of carboxylic acid groups (broad SMARTS) is 1. The van der Waals surface area contributed by atoms with Crippen LogP contribution in [0.3, 0.4) is 0 Å². The summed E-state index contributed by atoms with van der Waals surface area (Å²) in [5.74, 6) is -1.24. The first kappa shape index (κ1) is 20.1. The van der Waals surface area contributed by atoms with Crippen molar-refractivity contribution in [2.45, 2.75) is 26.5 Å². The van der Waals surface area contributed by atoms with Crippen LogP contribution in [0.2, 0.25) is 0 Å². The van der Waals surface area contributed by atoms with Crippen LogP contribution in [0.1, 0.15) is 35.3 Å². The van der Waals surface area contributed by atoms with E-state index >= 15 is 0 Å². The molecule has 0 amide bonds. The average Bonchev–Trinajstić information content (AvgIpc) is 2.65. The van der Waals surface area contributed by atoms with E-state index in [1.165, 1.54) is 12.3 Å². The molecule has 0 aliphatic heterocycles. The monoisotopic (exact) mass is 364 g/mol. The van der Waals surface area contributed by atoms with Crippen molar-refractivity contribution in [3.05, 3.63) is 83.4 Å². The van der Waals surface area contributed by atoms with Gasteiger partial charge in [-0.1, -0.05) is 71.9 Å². The first-order valence-corrected chi connectivity index (χ1v) is 8.74. The molecule has 0 fully saturated rings. The number of rotatable bonds is 5. The highest BCUT2D eigenvalue weighted by Crippen LogP contribution is 2.19. The number of nitrogens with zero attached hydrogens (tertiary/aromatic N) is 1. The number of benzene rings is 3. The third kappa shape index (κ3) is 6.24. The number of hydrogen-bond acceptors (Lipinski definition) is 4. The Bertz CT molecular complexity index is 912. The van der Waals surface area contributed by atoms with Crippen molar-refractivity contribution < 1.29 is 20.5 Å². The second-order valence-electron chi connectivity index (χ2n) is 6.41. The minimum atomic E-state index is -1.24. The van der Waals surface area contributed by atoms with Gasteiger partial charge in [-0.25, -0.2) is 0 Å². The summed E-state index contributed by atoms with van der Waals surface area (Å²) in [6.45, 7) is 4.42. The van der Waals surface area contributed by atoms with Crippen molar-refractivity contribution in [3.8, 4) is 0 Å². The molecular weight excluding hydrogens is 340 g/mol. The minimum absolute atomic E-state index is 0.0880. The molecule has 0 heterocycles. The van der Waals surface area contributed by atoms with Crippen molar-refractivity contribution in [3.63, 3.8) is 0 Å². The van der Waals surface area contributed by atoms with Crippen molar-refractivity contribution in [2.75, 3.05) is 0 Å². The van der Waals surface area contributed by atoms with Gasteiger partial charge < -0.3 is 20.5 Å². The summed E-state index contributed by atoms with van der Waals surface area (Å²) in [5, 5.41) is 17.1. The fraction of sp³-hybridized carbons (Fsp3) is 0.182. The Balaban J connectivity index is 0.000000596. The lowest BCUT2D eigenvalue weighted by Gasteiger charge is -2.06. The second-order valence-corrected chi connectivity index (χ2v) is 6.41. The number of oxime groups is 1. The third-order valence-electron chi connectivity index (χ3n) is 3.55.